The Hall–Kier alpha value is -0.930. The minimum atomic E-state index is 0.683. The first-order chi connectivity index (χ1) is 7.38. The molecular formula is C12H19N3. The molecule has 1 aromatic rings. The lowest BCUT2D eigenvalue weighted by Crippen LogP contribution is -2.37. The molecule has 0 aromatic carbocycles. The van der Waals surface area contributed by atoms with Crippen LogP contribution in [0.15, 0.2) is 24.4 Å². The van der Waals surface area contributed by atoms with Gasteiger partial charge in [0.15, 0.2) is 0 Å². The van der Waals surface area contributed by atoms with Gasteiger partial charge in [-0.1, -0.05) is 6.07 Å². The van der Waals surface area contributed by atoms with Crippen molar-refractivity contribution in [2.75, 3.05) is 19.6 Å². The van der Waals surface area contributed by atoms with E-state index in [0.717, 1.165) is 25.3 Å². The molecule has 0 bridgehead atoms. The Morgan fingerprint density at radius 1 is 1.47 bits per heavy atom. The first-order valence-electron chi connectivity index (χ1n) is 5.71. The van der Waals surface area contributed by atoms with Crippen LogP contribution in [-0.2, 0) is 6.54 Å². The van der Waals surface area contributed by atoms with Gasteiger partial charge in [0.2, 0.25) is 0 Å². The van der Waals surface area contributed by atoms with Gasteiger partial charge in [-0.25, -0.2) is 0 Å². The van der Waals surface area contributed by atoms with Gasteiger partial charge in [-0.05, 0) is 44.0 Å². The fourth-order valence-corrected chi connectivity index (χ4v) is 2.21. The standard InChI is InChI=1S/C12H19N3/c13-8-11-4-3-7-15(9-11)10-12-5-1-2-6-14-12/h1-2,5-6,11H,3-4,7-10,13H2/t11-/m0/s1. The van der Waals surface area contributed by atoms with Crippen molar-refractivity contribution in [2.24, 2.45) is 11.7 Å². The lowest BCUT2D eigenvalue weighted by molar-refractivity contribution is 0.169. The number of likely N-dealkylation sites (tertiary alicyclic amines) is 1. The van der Waals surface area contributed by atoms with Crippen LogP contribution in [0.3, 0.4) is 0 Å². The largest absolute Gasteiger partial charge is 0.330 e. The maximum atomic E-state index is 5.72. The van der Waals surface area contributed by atoms with E-state index >= 15 is 0 Å². The molecule has 1 aliphatic rings. The summed E-state index contributed by atoms with van der Waals surface area (Å²) in [5.74, 6) is 0.683. The second-order valence-electron chi connectivity index (χ2n) is 4.30. The highest BCUT2D eigenvalue weighted by molar-refractivity contribution is 5.03. The van der Waals surface area contributed by atoms with Crippen molar-refractivity contribution >= 4 is 0 Å². The number of hydrogen-bond acceptors (Lipinski definition) is 3. The number of piperidine rings is 1. The Bertz CT molecular complexity index is 286. The van der Waals surface area contributed by atoms with Crippen LogP contribution in [0.2, 0.25) is 0 Å². The lowest BCUT2D eigenvalue weighted by Gasteiger charge is -2.31. The molecule has 1 saturated heterocycles. The van der Waals surface area contributed by atoms with Crippen molar-refractivity contribution in [2.45, 2.75) is 19.4 Å². The SMILES string of the molecule is NC[C@@H]1CCCN(Cc2ccccn2)C1. The molecule has 1 aromatic heterocycles. The Morgan fingerprint density at radius 3 is 3.13 bits per heavy atom. The third-order valence-corrected chi connectivity index (χ3v) is 3.05. The highest BCUT2D eigenvalue weighted by atomic mass is 15.1. The van der Waals surface area contributed by atoms with Crippen LogP contribution in [0.4, 0.5) is 0 Å². The summed E-state index contributed by atoms with van der Waals surface area (Å²) in [5, 5.41) is 0. The van der Waals surface area contributed by atoms with Gasteiger partial charge >= 0.3 is 0 Å². The van der Waals surface area contributed by atoms with Crippen molar-refractivity contribution < 1.29 is 0 Å². The van der Waals surface area contributed by atoms with E-state index in [4.69, 9.17) is 5.73 Å². The zero-order valence-corrected chi connectivity index (χ0v) is 9.10. The molecule has 0 amide bonds. The lowest BCUT2D eigenvalue weighted by atomic mass is 9.98. The fraction of sp³-hybridized carbons (Fsp3) is 0.583. The van der Waals surface area contributed by atoms with Crippen LogP contribution in [0, 0.1) is 5.92 Å². The van der Waals surface area contributed by atoms with Gasteiger partial charge in [-0.3, -0.25) is 9.88 Å². The summed E-state index contributed by atoms with van der Waals surface area (Å²) in [4.78, 5) is 6.81. The first kappa shape index (κ1) is 10.6. The predicted molar refractivity (Wildman–Crippen MR) is 61.3 cm³/mol. The zero-order valence-electron chi connectivity index (χ0n) is 9.10. The van der Waals surface area contributed by atoms with Crippen molar-refractivity contribution in [3.05, 3.63) is 30.1 Å². The molecule has 15 heavy (non-hydrogen) atoms. The fourth-order valence-electron chi connectivity index (χ4n) is 2.21. The number of nitrogens with zero attached hydrogens (tertiary/aromatic N) is 2. The van der Waals surface area contributed by atoms with Crippen molar-refractivity contribution in [1.82, 2.24) is 9.88 Å². The van der Waals surface area contributed by atoms with Crippen molar-refractivity contribution in [1.29, 1.82) is 0 Å². The van der Waals surface area contributed by atoms with E-state index in [1.807, 2.05) is 18.3 Å². The number of hydrogen-bond donors (Lipinski definition) is 1. The molecule has 0 spiro atoms. The zero-order chi connectivity index (χ0) is 10.5. The number of aromatic nitrogens is 1. The van der Waals surface area contributed by atoms with Crippen LogP contribution in [0.5, 0.6) is 0 Å². The maximum Gasteiger partial charge on any atom is 0.0543 e. The van der Waals surface area contributed by atoms with E-state index in [0.29, 0.717) is 5.92 Å². The van der Waals surface area contributed by atoms with Gasteiger partial charge in [0, 0.05) is 19.3 Å². The number of nitrogens with two attached hydrogens (primary N) is 1. The van der Waals surface area contributed by atoms with Crippen LogP contribution in [0.25, 0.3) is 0 Å². The van der Waals surface area contributed by atoms with E-state index in [1.165, 1.54) is 19.4 Å². The molecule has 3 nitrogen and oxygen atoms in total. The highest BCUT2D eigenvalue weighted by Crippen LogP contribution is 2.16. The Labute approximate surface area is 91.3 Å². The molecule has 3 heteroatoms. The molecule has 1 fully saturated rings. The minimum absolute atomic E-state index is 0.683. The Balaban J connectivity index is 1.89. The van der Waals surface area contributed by atoms with E-state index < -0.39 is 0 Å². The maximum absolute atomic E-state index is 5.72. The van der Waals surface area contributed by atoms with Gasteiger partial charge < -0.3 is 5.73 Å². The summed E-state index contributed by atoms with van der Waals surface area (Å²) >= 11 is 0. The molecular weight excluding hydrogens is 186 g/mol. The van der Waals surface area contributed by atoms with Crippen molar-refractivity contribution in [3.8, 4) is 0 Å². The van der Waals surface area contributed by atoms with Gasteiger partial charge in [-0.15, -0.1) is 0 Å². The van der Waals surface area contributed by atoms with Crippen LogP contribution in [0.1, 0.15) is 18.5 Å². The second kappa shape index (κ2) is 5.24. The van der Waals surface area contributed by atoms with Crippen LogP contribution < -0.4 is 5.73 Å². The smallest absolute Gasteiger partial charge is 0.0543 e. The van der Waals surface area contributed by atoms with Crippen LogP contribution in [-0.4, -0.2) is 29.5 Å². The van der Waals surface area contributed by atoms with E-state index in [1.54, 1.807) is 0 Å². The predicted octanol–water partition coefficient (Wildman–Crippen LogP) is 1.25. The molecule has 0 aliphatic carbocycles. The number of pyridine rings is 1. The normalized spacial score (nSPS) is 22.9. The molecule has 82 valence electrons. The third kappa shape index (κ3) is 3.01. The summed E-state index contributed by atoms with van der Waals surface area (Å²) < 4.78 is 0. The molecule has 2 heterocycles. The summed E-state index contributed by atoms with van der Waals surface area (Å²) in [6, 6.07) is 6.10. The molecule has 0 saturated carbocycles. The summed E-state index contributed by atoms with van der Waals surface area (Å²) in [6.45, 7) is 4.11. The third-order valence-electron chi connectivity index (χ3n) is 3.05. The first-order valence-corrected chi connectivity index (χ1v) is 5.71. The molecule has 2 N–H and O–H groups in total. The molecule has 0 radical (unpaired) electrons. The minimum Gasteiger partial charge on any atom is -0.330 e. The number of rotatable bonds is 3. The van der Waals surface area contributed by atoms with E-state index in [2.05, 4.69) is 16.0 Å². The van der Waals surface area contributed by atoms with Crippen LogP contribution >= 0.6 is 0 Å². The average molecular weight is 205 g/mol. The highest BCUT2D eigenvalue weighted by Gasteiger charge is 2.18. The molecule has 2 rings (SSSR count). The molecule has 0 unspecified atom stereocenters. The monoisotopic (exact) mass is 205 g/mol. The van der Waals surface area contributed by atoms with Gasteiger partial charge in [-0.2, -0.15) is 0 Å². The average Bonchev–Trinajstić information content (AvgIpc) is 2.31. The summed E-state index contributed by atoms with van der Waals surface area (Å²) in [6.07, 6.45) is 4.42. The summed E-state index contributed by atoms with van der Waals surface area (Å²) in [5.41, 5.74) is 6.88. The quantitative estimate of drug-likeness (QED) is 0.807. The van der Waals surface area contributed by atoms with Crippen molar-refractivity contribution in [3.63, 3.8) is 0 Å². The Morgan fingerprint density at radius 2 is 2.40 bits per heavy atom. The van der Waals surface area contributed by atoms with E-state index in [-0.39, 0.29) is 0 Å². The Kier molecular flexibility index (Phi) is 3.69. The van der Waals surface area contributed by atoms with Gasteiger partial charge in [0.1, 0.15) is 0 Å². The molecule has 1 atom stereocenters. The summed E-state index contributed by atoms with van der Waals surface area (Å²) in [7, 11) is 0. The topological polar surface area (TPSA) is 42.1 Å². The molecule has 1 aliphatic heterocycles. The second-order valence-corrected chi connectivity index (χ2v) is 4.30. The van der Waals surface area contributed by atoms with Gasteiger partial charge in [0.05, 0.1) is 5.69 Å². The van der Waals surface area contributed by atoms with E-state index in [9.17, 15) is 0 Å². The van der Waals surface area contributed by atoms with Gasteiger partial charge in [0.25, 0.3) is 0 Å².